The SMILES string of the molecule is Cn1cccc1Cc1nnc(SCC(=O)NC[C@H]2CCCO2)n1-c1ccc(Cl)cc1. The first kappa shape index (κ1) is 21.0. The van der Waals surface area contributed by atoms with Gasteiger partial charge in [-0.05, 0) is 49.2 Å². The minimum atomic E-state index is -0.0369. The summed E-state index contributed by atoms with van der Waals surface area (Å²) in [4.78, 5) is 12.3. The molecule has 0 aliphatic carbocycles. The van der Waals surface area contributed by atoms with E-state index in [2.05, 4.69) is 26.1 Å². The van der Waals surface area contributed by atoms with Gasteiger partial charge in [0.15, 0.2) is 5.16 Å². The minimum Gasteiger partial charge on any atom is -0.376 e. The van der Waals surface area contributed by atoms with E-state index >= 15 is 0 Å². The van der Waals surface area contributed by atoms with Crippen molar-refractivity contribution >= 4 is 29.3 Å². The summed E-state index contributed by atoms with van der Waals surface area (Å²) >= 11 is 7.44. The molecule has 1 aliphatic rings. The number of thioether (sulfide) groups is 1. The number of nitrogens with one attached hydrogen (secondary N) is 1. The van der Waals surface area contributed by atoms with Gasteiger partial charge in [-0.25, -0.2) is 0 Å². The Morgan fingerprint density at radius 3 is 2.83 bits per heavy atom. The molecule has 1 aliphatic heterocycles. The number of nitrogens with zero attached hydrogens (tertiary/aromatic N) is 4. The van der Waals surface area contributed by atoms with Gasteiger partial charge in [0.2, 0.25) is 5.91 Å². The Balaban J connectivity index is 1.49. The summed E-state index contributed by atoms with van der Waals surface area (Å²) in [6.07, 6.45) is 4.83. The summed E-state index contributed by atoms with van der Waals surface area (Å²) in [7, 11) is 2.01. The van der Waals surface area contributed by atoms with Crippen LogP contribution in [0.3, 0.4) is 0 Å². The highest BCUT2D eigenvalue weighted by Gasteiger charge is 2.19. The molecule has 1 N–H and O–H groups in total. The summed E-state index contributed by atoms with van der Waals surface area (Å²) in [6.45, 7) is 1.34. The van der Waals surface area contributed by atoms with Crippen LogP contribution in [0.15, 0.2) is 47.8 Å². The van der Waals surface area contributed by atoms with Crippen molar-refractivity contribution in [2.24, 2.45) is 7.05 Å². The van der Waals surface area contributed by atoms with Crippen LogP contribution in [0.25, 0.3) is 5.69 Å². The largest absolute Gasteiger partial charge is 0.376 e. The molecule has 3 heterocycles. The van der Waals surface area contributed by atoms with Gasteiger partial charge in [0.25, 0.3) is 0 Å². The van der Waals surface area contributed by atoms with Crippen LogP contribution in [-0.2, 0) is 23.0 Å². The normalized spacial score (nSPS) is 16.1. The van der Waals surface area contributed by atoms with Gasteiger partial charge < -0.3 is 14.6 Å². The number of carbonyl (C=O) groups is 1. The smallest absolute Gasteiger partial charge is 0.230 e. The second-order valence-corrected chi connectivity index (χ2v) is 8.60. The van der Waals surface area contributed by atoms with Gasteiger partial charge in [-0.15, -0.1) is 10.2 Å². The second-order valence-electron chi connectivity index (χ2n) is 7.23. The number of hydrogen-bond donors (Lipinski definition) is 1. The van der Waals surface area contributed by atoms with Crippen LogP contribution in [-0.4, -0.2) is 50.2 Å². The molecular weight excluding hydrogens is 422 g/mol. The Labute approximate surface area is 184 Å². The summed E-state index contributed by atoms with van der Waals surface area (Å²) in [5.74, 6) is 1.04. The third kappa shape index (κ3) is 5.06. The predicted octanol–water partition coefficient (Wildman–Crippen LogP) is 3.24. The van der Waals surface area contributed by atoms with Gasteiger partial charge in [0.1, 0.15) is 5.82 Å². The fourth-order valence-corrected chi connectivity index (χ4v) is 4.34. The molecule has 0 unspecified atom stereocenters. The highest BCUT2D eigenvalue weighted by atomic mass is 35.5. The summed E-state index contributed by atoms with van der Waals surface area (Å²) in [6, 6.07) is 11.6. The van der Waals surface area contributed by atoms with Crippen molar-refractivity contribution in [3.63, 3.8) is 0 Å². The third-order valence-corrected chi connectivity index (χ3v) is 6.24. The van der Waals surface area contributed by atoms with Crippen molar-refractivity contribution in [1.82, 2.24) is 24.6 Å². The van der Waals surface area contributed by atoms with Crippen LogP contribution in [0.4, 0.5) is 0 Å². The minimum absolute atomic E-state index is 0.0369. The average Bonchev–Trinajstić information content (AvgIpc) is 3.48. The number of hydrogen-bond acceptors (Lipinski definition) is 5. The third-order valence-electron chi connectivity index (χ3n) is 5.06. The molecule has 0 spiro atoms. The van der Waals surface area contributed by atoms with Gasteiger partial charge in [0, 0.05) is 49.2 Å². The second kappa shape index (κ2) is 9.68. The first-order valence-electron chi connectivity index (χ1n) is 9.91. The maximum atomic E-state index is 12.3. The first-order chi connectivity index (χ1) is 14.6. The van der Waals surface area contributed by atoms with Crippen molar-refractivity contribution in [2.45, 2.75) is 30.5 Å². The Kier molecular flexibility index (Phi) is 6.76. The van der Waals surface area contributed by atoms with Gasteiger partial charge in [-0.3, -0.25) is 9.36 Å². The molecule has 1 fully saturated rings. The molecule has 0 saturated carbocycles. The molecule has 9 heteroatoms. The van der Waals surface area contributed by atoms with Crippen LogP contribution in [0, 0.1) is 0 Å². The lowest BCUT2D eigenvalue weighted by molar-refractivity contribution is -0.119. The molecule has 1 atom stereocenters. The Hall–Kier alpha value is -2.29. The van der Waals surface area contributed by atoms with Crippen LogP contribution >= 0.6 is 23.4 Å². The van der Waals surface area contributed by atoms with Crippen molar-refractivity contribution in [3.8, 4) is 5.69 Å². The molecule has 4 rings (SSSR count). The van der Waals surface area contributed by atoms with Crippen LogP contribution in [0.5, 0.6) is 0 Å². The number of benzene rings is 1. The Morgan fingerprint density at radius 2 is 2.13 bits per heavy atom. The standard InChI is InChI=1S/C21H24ClN5O2S/c1-26-10-2-4-17(26)12-19-24-25-21(27(19)16-8-6-15(22)7-9-16)30-14-20(28)23-13-18-5-3-11-29-18/h2,4,6-10,18H,3,5,11-14H2,1H3,(H,23,28)/t18-/m1/s1. The van der Waals surface area contributed by atoms with E-state index in [0.29, 0.717) is 23.1 Å². The summed E-state index contributed by atoms with van der Waals surface area (Å²) in [5, 5.41) is 13.1. The monoisotopic (exact) mass is 445 g/mol. The van der Waals surface area contributed by atoms with E-state index < -0.39 is 0 Å². The number of rotatable bonds is 8. The Morgan fingerprint density at radius 1 is 1.30 bits per heavy atom. The lowest BCUT2D eigenvalue weighted by atomic mass is 10.2. The van der Waals surface area contributed by atoms with Crippen LogP contribution < -0.4 is 5.32 Å². The number of halogens is 1. The molecule has 0 bridgehead atoms. The van der Waals surface area contributed by atoms with E-state index in [4.69, 9.17) is 16.3 Å². The molecule has 7 nitrogen and oxygen atoms in total. The molecule has 0 radical (unpaired) electrons. The van der Waals surface area contributed by atoms with Gasteiger partial charge in [0.05, 0.1) is 11.9 Å². The zero-order valence-corrected chi connectivity index (χ0v) is 18.3. The average molecular weight is 446 g/mol. The zero-order valence-electron chi connectivity index (χ0n) is 16.8. The van der Waals surface area contributed by atoms with Crippen LogP contribution in [0.1, 0.15) is 24.4 Å². The van der Waals surface area contributed by atoms with Crippen molar-refractivity contribution in [2.75, 3.05) is 18.9 Å². The van der Waals surface area contributed by atoms with E-state index in [-0.39, 0.29) is 17.8 Å². The maximum Gasteiger partial charge on any atom is 0.230 e. The van der Waals surface area contributed by atoms with Crippen molar-refractivity contribution in [1.29, 1.82) is 0 Å². The highest BCUT2D eigenvalue weighted by Crippen LogP contribution is 2.24. The summed E-state index contributed by atoms with van der Waals surface area (Å²) < 4.78 is 9.60. The molecule has 2 aromatic heterocycles. The van der Waals surface area contributed by atoms with Crippen molar-refractivity contribution in [3.05, 3.63) is 59.1 Å². The fourth-order valence-electron chi connectivity index (χ4n) is 3.41. The predicted molar refractivity (Wildman–Crippen MR) is 117 cm³/mol. The molecule has 30 heavy (non-hydrogen) atoms. The number of ether oxygens (including phenoxy) is 1. The Bertz CT molecular complexity index is 995. The van der Waals surface area contributed by atoms with E-state index in [9.17, 15) is 4.79 Å². The molecule has 1 amide bonds. The number of amides is 1. The van der Waals surface area contributed by atoms with Gasteiger partial charge in [-0.1, -0.05) is 23.4 Å². The van der Waals surface area contributed by atoms with Crippen LogP contribution in [0.2, 0.25) is 5.02 Å². The number of aryl methyl sites for hydroxylation is 1. The molecule has 1 aromatic carbocycles. The first-order valence-corrected chi connectivity index (χ1v) is 11.3. The molecule has 1 saturated heterocycles. The lowest BCUT2D eigenvalue weighted by Gasteiger charge is -2.12. The lowest BCUT2D eigenvalue weighted by Crippen LogP contribution is -2.32. The topological polar surface area (TPSA) is 74.0 Å². The van der Waals surface area contributed by atoms with Gasteiger partial charge in [-0.2, -0.15) is 0 Å². The number of carbonyl (C=O) groups excluding carboxylic acids is 1. The molecule has 158 valence electrons. The van der Waals surface area contributed by atoms with Gasteiger partial charge >= 0.3 is 0 Å². The molecular formula is C21H24ClN5O2S. The van der Waals surface area contributed by atoms with E-state index in [0.717, 1.165) is 36.7 Å². The number of aromatic nitrogens is 4. The van der Waals surface area contributed by atoms with E-state index in [1.165, 1.54) is 11.8 Å². The fraction of sp³-hybridized carbons (Fsp3) is 0.381. The quantitative estimate of drug-likeness (QED) is 0.539. The maximum absolute atomic E-state index is 12.3. The van der Waals surface area contributed by atoms with E-state index in [1.807, 2.05) is 48.1 Å². The molecule has 3 aromatic rings. The summed E-state index contributed by atoms with van der Waals surface area (Å²) in [5.41, 5.74) is 2.04. The van der Waals surface area contributed by atoms with Crippen molar-refractivity contribution < 1.29 is 9.53 Å². The zero-order chi connectivity index (χ0) is 20.9. The van der Waals surface area contributed by atoms with E-state index in [1.54, 1.807) is 0 Å². The highest BCUT2D eigenvalue weighted by molar-refractivity contribution is 7.99.